The van der Waals surface area contributed by atoms with Crippen molar-refractivity contribution in [1.29, 1.82) is 0 Å². The normalized spacial score (nSPS) is 10.2. The molecular formula is C19H25N3. The van der Waals surface area contributed by atoms with Crippen molar-refractivity contribution in [3.63, 3.8) is 0 Å². The Morgan fingerprint density at radius 3 is 1.86 bits per heavy atom. The number of rotatable bonds is 4. The summed E-state index contributed by atoms with van der Waals surface area (Å²) in [6.45, 7) is 0.802. The van der Waals surface area contributed by atoms with Gasteiger partial charge in [-0.15, -0.1) is 0 Å². The average molecular weight is 295 g/mol. The molecule has 0 saturated carbocycles. The van der Waals surface area contributed by atoms with Crippen molar-refractivity contribution in [3.05, 3.63) is 60.2 Å². The summed E-state index contributed by atoms with van der Waals surface area (Å²) in [5, 5.41) is 0. The SMILES string of the molecule is CN(C)C(=NCCc1ccc(-c2ccccc2)cc1)N(C)C. The number of guanidine groups is 1. The molecule has 0 aliphatic carbocycles. The van der Waals surface area contributed by atoms with Crippen LogP contribution in [0.5, 0.6) is 0 Å². The quantitative estimate of drug-likeness (QED) is 0.636. The van der Waals surface area contributed by atoms with Gasteiger partial charge in [-0.25, -0.2) is 0 Å². The van der Waals surface area contributed by atoms with Crippen LogP contribution in [0.1, 0.15) is 5.56 Å². The van der Waals surface area contributed by atoms with Gasteiger partial charge >= 0.3 is 0 Å². The highest BCUT2D eigenvalue weighted by atomic mass is 15.3. The zero-order valence-electron chi connectivity index (χ0n) is 14.0. The minimum Gasteiger partial charge on any atom is -0.349 e. The van der Waals surface area contributed by atoms with E-state index in [0.29, 0.717) is 0 Å². The molecule has 22 heavy (non-hydrogen) atoms. The third-order valence-electron chi connectivity index (χ3n) is 3.51. The summed E-state index contributed by atoms with van der Waals surface area (Å²) in [6, 6.07) is 19.2. The van der Waals surface area contributed by atoms with E-state index in [4.69, 9.17) is 0 Å². The molecule has 0 amide bonds. The molecule has 0 unspecified atom stereocenters. The Morgan fingerprint density at radius 2 is 1.32 bits per heavy atom. The van der Waals surface area contributed by atoms with Gasteiger partial charge in [0.15, 0.2) is 5.96 Å². The van der Waals surface area contributed by atoms with Crippen LogP contribution in [0.3, 0.4) is 0 Å². The van der Waals surface area contributed by atoms with Crippen LogP contribution in [0, 0.1) is 0 Å². The molecule has 0 radical (unpaired) electrons. The molecule has 0 N–H and O–H groups in total. The van der Waals surface area contributed by atoms with E-state index in [1.54, 1.807) is 0 Å². The average Bonchev–Trinajstić information content (AvgIpc) is 2.52. The highest BCUT2D eigenvalue weighted by Gasteiger charge is 2.03. The van der Waals surface area contributed by atoms with Crippen molar-refractivity contribution in [3.8, 4) is 11.1 Å². The Balaban J connectivity index is 1.99. The topological polar surface area (TPSA) is 18.8 Å². The van der Waals surface area contributed by atoms with Gasteiger partial charge in [-0.2, -0.15) is 0 Å². The van der Waals surface area contributed by atoms with E-state index in [-0.39, 0.29) is 0 Å². The third kappa shape index (κ3) is 4.35. The maximum absolute atomic E-state index is 4.67. The molecule has 2 aromatic rings. The van der Waals surface area contributed by atoms with Gasteiger partial charge in [0.1, 0.15) is 0 Å². The standard InChI is InChI=1S/C19H25N3/c1-21(2)19(22(3)4)20-15-14-16-10-12-18(13-11-16)17-8-6-5-7-9-17/h5-13H,14-15H2,1-4H3. The summed E-state index contributed by atoms with van der Waals surface area (Å²) >= 11 is 0. The molecule has 0 aliphatic heterocycles. The second-order valence-electron chi connectivity index (χ2n) is 5.78. The lowest BCUT2D eigenvalue weighted by Crippen LogP contribution is -2.35. The van der Waals surface area contributed by atoms with Crippen molar-refractivity contribution in [1.82, 2.24) is 9.80 Å². The maximum atomic E-state index is 4.67. The van der Waals surface area contributed by atoms with Crippen molar-refractivity contribution >= 4 is 5.96 Å². The molecule has 3 nitrogen and oxygen atoms in total. The van der Waals surface area contributed by atoms with Gasteiger partial charge in [0.25, 0.3) is 0 Å². The van der Waals surface area contributed by atoms with Crippen LogP contribution in [0.4, 0.5) is 0 Å². The van der Waals surface area contributed by atoms with E-state index in [9.17, 15) is 0 Å². The summed E-state index contributed by atoms with van der Waals surface area (Å²) < 4.78 is 0. The zero-order chi connectivity index (χ0) is 15.9. The highest BCUT2D eigenvalue weighted by Crippen LogP contribution is 2.19. The van der Waals surface area contributed by atoms with Crippen LogP contribution in [-0.2, 0) is 6.42 Å². The molecule has 0 bridgehead atoms. The van der Waals surface area contributed by atoms with Crippen LogP contribution in [0.2, 0.25) is 0 Å². The first-order valence-electron chi connectivity index (χ1n) is 7.61. The van der Waals surface area contributed by atoms with Gasteiger partial charge in [0, 0.05) is 34.7 Å². The van der Waals surface area contributed by atoms with Gasteiger partial charge in [0.05, 0.1) is 0 Å². The number of hydrogen-bond donors (Lipinski definition) is 0. The van der Waals surface area contributed by atoms with Crippen LogP contribution in [0.15, 0.2) is 59.6 Å². The van der Waals surface area contributed by atoms with Crippen molar-refractivity contribution in [2.45, 2.75) is 6.42 Å². The summed E-state index contributed by atoms with van der Waals surface area (Å²) in [5.41, 5.74) is 3.84. The second-order valence-corrected chi connectivity index (χ2v) is 5.78. The molecule has 2 rings (SSSR count). The van der Waals surface area contributed by atoms with Gasteiger partial charge in [-0.1, -0.05) is 54.6 Å². The van der Waals surface area contributed by atoms with Crippen LogP contribution >= 0.6 is 0 Å². The van der Waals surface area contributed by atoms with Crippen molar-refractivity contribution in [2.75, 3.05) is 34.7 Å². The van der Waals surface area contributed by atoms with Gasteiger partial charge in [-0.3, -0.25) is 4.99 Å². The fourth-order valence-corrected chi connectivity index (χ4v) is 2.46. The first-order valence-corrected chi connectivity index (χ1v) is 7.61. The Labute approximate surface area is 133 Å². The van der Waals surface area contributed by atoms with E-state index in [0.717, 1.165) is 18.9 Å². The van der Waals surface area contributed by atoms with Gasteiger partial charge in [0.2, 0.25) is 0 Å². The summed E-state index contributed by atoms with van der Waals surface area (Å²) in [6.07, 6.45) is 0.959. The maximum Gasteiger partial charge on any atom is 0.195 e. The number of hydrogen-bond acceptors (Lipinski definition) is 1. The van der Waals surface area contributed by atoms with Gasteiger partial charge in [-0.05, 0) is 23.1 Å². The van der Waals surface area contributed by atoms with E-state index < -0.39 is 0 Å². The van der Waals surface area contributed by atoms with Crippen molar-refractivity contribution < 1.29 is 0 Å². The first-order chi connectivity index (χ1) is 10.6. The minimum absolute atomic E-state index is 0.802. The second kappa shape index (κ2) is 7.64. The molecule has 2 aromatic carbocycles. The molecule has 0 atom stereocenters. The van der Waals surface area contributed by atoms with E-state index in [2.05, 4.69) is 53.5 Å². The lowest BCUT2D eigenvalue weighted by atomic mass is 10.0. The minimum atomic E-state index is 0.802. The van der Waals surface area contributed by atoms with E-state index in [1.165, 1.54) is 16.7 Å². The predicted molar refractivity (Wildman–Crippen MR) is 95.3 cm³/mol. The summed E-state index contributed by atoms with van der Waals surface area (Å²) in [7, 11) is 8.09. The molecule has 0 saturated heterocycles. The summed E-state index contributed by atoms with van der Waals surface area (Å²) in [4.78, 5) is 8.75. The molecule has 0 fully saturated rings. The van der Waals surface area contributed by atoms with Crippen molar-refractivity contribution in [2.24, 2.45) is 4.99 Å². The van der Waals surface area contributed by atoms with E-state index >= 15 is 0 Å². The Hall–Kier alpha value is -2.29. The lowest BCUT2D eigenvalue weighted by molar-refractivity contribution is 0.479. The molecule has 3 heteroatoms. The fourth-order valence-electron chi connectivity index (χ4n) is 2.46. The monoisotopic (exact) mass is 295 g/mol. The lowest BCUT2D eigenvalue weighted by Gasteiger charge is -2.22. The number of benzene rings is 2. The number of nitrogens with zero attached hydrogens (tertiary/aromatic N) is 3. The van der Waals surface area contributed by atoms with Crippen LogP contribution in [-0.4, -0.2) is 50.5 Å². The van der Waals surface area contributed by atoms with E-state index in [1.807, 2.05) is 44.1 Å². The van der Waals surface area contributed by atoms with Crippen LogP contribution < -0.4 is 0 Å². The molecule has 116 valence electrons. The van der Waals surface area contributed by atoms with Gasteiger partial charge < -0.3 is 9.80 Å². The zero-order valence-corrected chi connectivity index (χ0v) is 14.0. The predicted octanol–water partition coefficient (Wildman–Crippen LogP) is 3.38. The Kier molecular flexibility index (Phi) is 5.59. The summed E-state index contributed by atoms with van der Waals surface area (Å²) in [5.74, 6) is 1.00. The molecule has 0 spiro atoms. The fraction of sp³-hybridized carbons (Fsp3) is 0.316. The molecule has 0 aliphatic rings. The third-order valence-corrected chi connectivity index (χ3v) is 3.51. The molecular weight excluding hydrogens is 270 g/mol. The smallest absolute Gasteiger partial charge is 0.195 e. The van der Waals surface area contributed by atoms with Crippen LogP contribution in [0.25, 0.3) is 11.1 Å². The Bertz CT molecular complexity index is 588. The highest BCUT2D eigenvalue weighted by molar-refractivity contribution is 5.79. The molecule has 0 aromatic heterocycles. The first kappa shape index (κ1) is 16.1. The Morgan fingerprint density at radius 1 is 0.773 bits per heavy atom. The largest absolute Gasteiger partial charge is 0.349 e. The number of aliphatic imine (C=N–C) groups is 1. The molecule has 0 heterocycles.